The Morgan fingerprint density at radius 2 is 1.96 bits per heavy atom. The van der Waals surface area contributed by atoms with Crippen molar-refractivity contribution in [2.24, 2.45) is 0 Å². The van der Waals surface area contributed by atoms with E-state index < -0.39 is 24.5 Å². The standard InChI is InChI=1S/C15H13F2NO4S/c16-15(17)22-11-5-2-1-4-9(11)14(21)18-10(8-13(19)20)12-6-3-7-23-12/h1-7,10,15H,8H2,(H,18,21)(H,19,20)/t10-/m0/s1. The van der Waals surface area contributed by atoms with Crippen LogP contribution in [0.2, 0.25) is 0 Å². The molecule has 8 heteroatoms. The first-order chi connectivity index (χ1) is 11.0. The Kier molecular flexibility index (Phi) is 5.64. The Hall–Kier alpha value is -2.48. The Morgan fingerprint density at radius 3 is 2.57 bits per heavy atom. The zero-order chi connectivity index (χ0) is 16.8. The highest BCUT2D eigenvalue weighted by Gasteiger charge is 2.22. The molecule has 0 unspecified atom stereocenters. The van der Waals surface area contributed by atoms with E-state index in [0.29, 0.717) is 4.88 Å². The number of benzene rings is 1. The average molecular weight is 341 g/mol. The fraction of sp³-hybridized carbons (Fsp3) is 0.200. The number of carbonyl (C=O) groups excluding carboxylic acids is 1. The second kappa shape index (κ2) is 7.68. The van der Waals surface area contributed by atoms with Gasteiger partial charge in [0.2, 0.25) is 0 Å². The summed E-state index contributed by atoms with van der Waals surface area (Å²) in [6.07, 6.45) is -0.315. The molecule has 1 aromatic heterocycles. The van der Waals surface area contributed by atoms with Gasteiger partial charge in [-0.15, -0.1) is 11.3 Å². The third-order valence-corrected chi connectivity index (χ3v) is 3.90. The second-order valence-electron chi connectivity index (χ2n) is 4.51. The summed E-state index contributed by atoms with van der Waals surface area (Å²) in [4.78, 5) is 23.9. The molecule has 0 saturated heterocycles. The van der Waals surface area contributed by atoms with Crippen molar-refractivity contribution in [1.82, 2.24) is 5.32 Å². The van der Waals surface area contributed by atoms with Crippen molar-refractivity contribution in [2.45, 2.75) is 19.1 Å². The Morgan fingerprint density at radius 1 is 1.22 bits per heavy atom. The van der Waals surface area contributed by atoms with Gasteiger partial charge in [0.05, 0.1) is 18.0 Å². The summed E-state index contributed by atoms with van der Waals surface area (Å²) in [5.41, 5.74) is -0.0836. The fourth-order valence-electron chi connectivity index (χ4n) is 1.98. The largest absolute Gasteiger partial charge is 0.481 e. The number of carboxylic acids is 1. The third kappa shape index (κ3) is 4.75. The molecular formula is C15H13F2NO4S. The van der Waals surface area contributed by atoms with Crippen molar-refractivity contribution in [3.05, 3.63) is 52.2 Å². The average Bonchev–Trinajstić information content (AvgIpc) is 3.00. The molecule has 2 rings (SSSR count). The van der Waals surface area contributed by atoms with E-state index in [4.69, 9.17) is 5.11 Å². The van der Waals surface area contributed by atoms with E-state index >= 15 is 0 Å². The molecule has 0 spiro atoms. The molecule has 1 amide bonds. The number of thiophene rings is 1. The second-order valence-corrected chi connectivity index (χ2v) is 5.49. The minimum Gasteiger partial charge on any atom is -0.481 e. The molecule has 1 aromatic carbocycles. The maximum absolute atomic E-state index is 12.4. The lowest BCUT2D eigenvalue weighted by molar-refractivity contribution is -0.137. The van der Waals surface area contributed by atoms with Crippen LogP contribution in [0.4, 0.5) is 8.78 Å². The fourth-order valence-corrected chi connectivity index (χ4v) is 2.75. The Bertz CT molecular complexity index is 676. The van der Waals surface area contributed by atoms with Gasteiger partial charge in [0.15, 0.2) is 0 Å². The number of ether oxygens (including phenoxy) is 1. The molecule has 0 radical (unpaired) electrons. The van der Waals surface area contributed by atoms with Crippen LogP contribution in [-0.4, -0.2) is 23.6 Å². The maximum Gasteiger partial charge on any atom is 0.387 e. The van der Waals surface area contributed by atoms with Crippen LogP contribution < -0.4 is 10.1 Å². The molecule has 2 N–H and O–H groups in total. The SMILES string of the molecule is O=C(O)C[C@H](NC(=O)c1ccccc1OC(F)F)c1cccs1. The van der Waals surface area contributed by atoms with E-state index in [1.165, 1.54) is 35.6 Å². The van der Waals surface area contributed by atoms with Gasteiger partial charge in [-0.25, -0.2) is 0 Å². The monoisotopic (exact) mass is 341 g/mol. The molecule has 2 aromatic rings. The number of alkyl halides is 2. The van der Waals surface area contributed by atoms with Gasteiger partial charge in [-0.05, 0) is 23.6 Å². The number of aliphatic carboxylic acids is 1. The predicted molar refractivity (Wildman–Crippen MR) is 79.9 cm³/mol. The zero-order valence-corrected chi connectivity index (χ0v) is 12.6. The van der Waals surface area contributed by atoms with Crippen molar-refractivity contribution < 1.29 is 28.2 Å². The molecule has 0 saturated carbocycles. The molecule has 0 aliphatic rings. The number of rotatable bonds is 7. The summed E-state index contributed by atoms with van der Waals surface area (Å²) in [6.45, 7) is -3.06. The third-order valence-electron chi connectivity index (χ3n) is 2.92. The van der Waals surface area contributed by atoms with Crippen LogP contribution in [0.1, 0.15) is 27.7 Å². The first-order valence-corrected chi connectivity index (χ1v) is 7.45. The van der Waals surface area contributed by atoms with Crippen molar-refractivity contribution in [2.75, 3.05) is 0 Å². The number of hydrogen-bond donors (Lipinski definition) is 2. The number of carbonyl (C=O) groups is 2. The normalized spacial score (nSPS) is 12.0. The predicted octanol–water partition coefficient (Wildman–Crippen LogP) is 3.30. The number of hydrogen-bond acceptors (Lipinski definition) is 4. The van der Waals surface area contributed by atoms with E-state index in [1.54, 1.807) is 17.5 Å². The molecule has 1 heterocycles. The molecule has 0 fully saturated rings. The van der Waals surface area contributed by atoms with Crippen LogP contribution in [0.5, 0.6) is 5.75 Å². The minimum absolute atomic E-state index is 0.0836. The van der Waals surface area contributed by atoms with E-state index in [1.807, 2.05) is 0 Å². The summed E-state index contributed by atoms with van der Waals surface area (Å²) >= 11 is 1.30. The number of amides is 1. The Labute approximate surface area is 134 Å². The summed E-state index contributed by atoms with van der Waals surface area (Å²) in [5.74, 6) is -2.03. The molecule has 5 nitrogen and oxygen atoms in total. The van der Waals surface area contributed by atoms with Gasteiger partial charge in [-0.2, -0.15) is 8.78 Å². The van der Waals surface area contributed by atoms with Crippen molar-refractivity contribution in [3.63, 3.8) is 0 Å². The lowest BCUT2D eigenvalue weighted by atomic mass is 10.1. The highest BCUT2D eigenvalue weighted by molar-refractivity contribution is 7.10. The number of nitrogens with one attached hydrogen (secondary N) is 1. The van der Waals surface area contributed by atoms with Crippen LogP contribution >= 0.6 is 11.3 Å². The van der Waals surface area contributed by atoms with Gasteiger partial charge in [-0.1, -0.05) is 18.2 Å². The molecule has 0 aliphatic heterocycles. The number of carboxylic acid groups (broad SMARTS) is 1. The molecule has 0 aliphatic carbocycles. The number of halogens is 2. The highest BCUT2D eigenvalue weighted by Crippen LogP contribution is 2.25. The first kappa shape index (κ1) is 16.9. The maximum atomic E-state index is 12.4. The Balaban J connectivity index is 2.20. The van der Waals surface area contributed by atoms with Gasteiger partial charge in [0, 0.05) is 4.88 Å². The van der Waals surface area contributed by atoms with Crippen LogP contribution in [0.3, 0.4) is 0 Å². The topological polar surface area (TPSA) is 75.6 Å². The summed E-state index contributed by atoms with van der Waals surface area (Å²) in [6, 6.07) is 8.22. The van der Waals surface area contributed by atoms with E-state index in [9.17, 15) is 18.4 Å². The van der Waals surface area contributed by atoms with Crippen LogP contribution in [0, 0.1) is 0 Å². The van der Waals surface area contributed by atoms with E-state index in [0.717, 1.165) is 0 Å². The van der Waals surface area contributed by atoms with Crippen LogP contribution in [0.25, 0.3) is 0 Å². The first-order valence-electron chi connectivity index (χ1n) is 6.57. The molecule has 0 bridgehead atoms. The van der Waals surface area contributed by atoms with Gasteiger partial charge >= 0.3 is 12.6 Å². The van der Waals surface area contributed by atoms with Gasteiger partial charge in [0.1, 0.15) is 5.75 Å². The van der Waals surface area contributed by atoms with Crippen LogP contribution in [-0.2, 0) is 4.79 Å². The lowest BCUT2D eigenvalue weighted by Gasteiger charge is -2.17. The minimum atomic E-state index is -3.06. The van der Waals surface area contributed by atoms with Gasteiger partial charge in [-0.3, -0.25) is 9.59 Å². The van der Waals surface area contributed by atoms with Gasteiger partial charge < -0.3 is 15.2 Å². The molecule has 122 valence electrons. The van der Waals surface area contributed by atoms with Crippen molar-refractivity contribution in [3.8, 4) is 5.75 Å². The lowest BCUT2D eigenvalue weighted by Crippen LogP contribution is -2.30. The van der Waals surface area contributed by atoms with E-state index in [2.05, 4.69) is 10.1 Å². The van der Waals surface area contributed by atoms with E-state index in [-0.39, 0.29) is 17.7 Å². The molecule has 1 atom stereocenters. The van der Waals surface area contributed by atoms with Crippen molar-refractivity contribution >= 4 is 23.2 Å². The van der Waals surface area contributed by atoms with Crippen molar-refractivity contribution in [1.29, 1.82) is 0 Å². The van der Waals surface area contributed by atoms with Crippen LogP contribution in [0.15, 0.2) is 41.8 Å². The summed E-state index contributed by atoms with van der Waals surface area (Å²) < 4.78 is 29.1. The number of para-hydroxylation sites is 1. The summed E-state index contributed by atoms with van der Waals surface area (Å²) in [7, 11) is 0. The zero-order valence-electron chi connectivity index (χ0n) is 11.7. The smallest absolute Gasteiger partial charge is 0.387 e. The highest BCUT2D eigenvalue weighted by atomic mass is 32.1. The molecular weight excluding hydrogens is 328 g/mol. The molecule has 23 heavy (non-hydrogen) atoms. The quantitative estimate of drug-likeness (QED) is 0.810. The summed E-state index contributed by atoms with van der Waals surface area (Å²) in [5, 5.41) is 13.3. The van der Waals surface area contributed by atoms with Gasteiger partial charge in [0.25, 0.3) is 5.91 Å².